The van der Waals surface area contributed by atoms with E-state index in [0.29, 0.717) is 11.7 Å². The highest BCUT2D eigenvalue weighted by Gasteiger charge is 2.24. The van der Waals surface area contributed by atoms with Gasteiger partial charge >= 0.3 is 0 Å². The molecule has 0 aliphatic carbocycles. The Morgan fingerprint density at radius 3 is 2.75 bits per heavy atom. The first-order valence-corrected chi connectivity index (χ1v) is 5.90. The van der Waals surface area contributed by atoms with E-state index in [1.54, 1.807) is 7.11 Å². The van der Waals surface area contributed by atoms with Crippen LogP contribution in [0.2, 0.25) is 0 Å². The highest BCUT2D eigenvalue weighted by molar-refractivity contribution is 5.46. The quantitative estimate of drug-likeness (QED) is 0.787. The normalized spacial score (nSPS) is 17.6. The topological polar surface area (TPSA) is 65.1 Å². The lowest BCUT2D eigenvalue weighted by atomic mass is 9.89. The van der Waals surface area contributed by atoms with E-state index in [1.807, 2.05) is 0 Å². The molecule has 0 saturated carbocycles. The van der Waals surface area contributed by atoms with Gasteiger partial charge in [-0.15, -0.1) is 5.10 Å². The van der Waals surface area contributed by atoms with E-state index < -0.39 is 0 Å². The molecule has 0 unspecified atom stereocenters. The molecule has 0 spiro atoms. The molecule has 1 fully saturated rings. The molecule has 1 saturated heterocycles. The van der Waals surface area contributed by atoms with Crippen LogP contribution in [0.4, 0.5) is 5.82 Å². The number of nitrogens with one attached hydrogen (secondary N) is 1. The molecule has 1 aromatic heterocycles. The summed E-state index contributed by atoms with van der Waals surface area (Å²) in [5.74, 6) is 1.20. The van der Waals surface area contributed by atoms with Gasteiger partial charge in [0.2, 0.25) is 0 Å². The number of hydrogen-bond acceptors (Lipinski definition) is 4. The largest absolute Gasteiger partial charge is 0.398 e. The maximum Gasteiger partial charge on any atom is 0.166 e. The first-order valence-electron chi connectivity index (χ1n) is 5.90. The van der Waals surface area contributed by atoms with Crippen LogP contribution in [0.25, 0.3) is 0 Å². The van der Waals surface area contributed by atoms with E-state index in [-0.39, 0.29) is 0 Å². The highest BCUT2D eigenvalue weighted by atomic mass is 16.7. The summed E-state index contributed by atoms with van der Waals surface area (Å²) in [6.45, 7) is 4.23. The van der Waals surface area contributed by atoms with Crippen molar-refractivity contribution in [1.82, 2.24) is 15.3 Å². The van der Waals surface area contributed by atoms with Gasteiger partial charge in [-0.3, -0.25) is 0 Å². The average molecular weight is 224 g/mol. The Morgan fingerprint density at radius 1 is 1.50 bits per heavy atom. The van der Waals surface area contributed by atoms with E-state index in [0.717, 1.165) is 38.0 Å². The zero-order valence-electron chi connectivity index (χ0n) is 9.99. The van der Waals surface area contributed by atoms with Gasteiger partial charge in [0.1, 0.15) is 7.11 Å². The molecule has 5 nitrogen and oxygen atoms in total. The zero-order valence-corrected chi connectivity index (χ0v) is 9.99. The predicted octanol–water partition coefficient (Wildman–Crippen LogP) is 0.553. The fourth-order valence-corrected chi connectivity index (χ4v) is 2.42. The van der Waals surface area contributed by atoms with Gasteiger partial charge in [-0.05, 0) is 38.3 Å². The van der Waals surface area contributed by atoms with Crippen LogP contribution in [0.15, 0.2) is 0 Å². The number of nitrogens with zero attached hydrogens (tertiary/aromatic N) is 2. The molecule has 5 heteroatoms. The molecular weight excluding hydrogens is 204 g/mol. The number of nitrogen functional groups attached to an aromatic ring is 1. The third-order valence-electron chi connectivity index (χ3n) is 3.26. The van der Waals surface area contributed by atoms with E-state index >= 15 is 0 Å². The Balaban J connectivity index is 2.32. The molecule has 0 aromatic carbocycles. The summed E-state index contributed by atoms with van der Waals surface area (Å²) < 4.78 is 0. The fraction of sp³-hybridized carbons (Fsp3) is 0.727. The van der Waals surface area contributed by atoms with Crippen LogP contribution in [0, 0.1) is 0 Å². The van der Waals surface area contributed by atoms with Crippen molar-refractivity contribution in [3.8, 4) is 0 Å². The Morgan fingerprint density at radius 2 is 2.19 bits per heavy atom. The summed E-state index contributed by atoms with van der Waals surface area (Å²) in [5, 5.41) is 7.73. The fourth-order valence-electron chi connectivity index (χ4n) is 2.42. The van der Waals surface area contributed by atoms with Gasteiger partial charge in [-0.2, -0.15) is 0 Å². The van der Waals surface area contributed by atoms with Crippen molar-refractivity contribution in [2.24, 2.45) is 0 Å². The van der Waals surface area contributed by atoms with Crippen molar-refractivity contribution in [3.63, 3.8) is 0 Å². The zero-order chi connectivity index (χ0) is 11.5. The number of aryl methyl sites for hydroxylation is 1. The van der Waals surface area contributed by atoms with Crippen LogP contribution in [0.5, 0.6) is 0 Å². The maximum absolute atomic E-state index is 6.08. The summed E-state index contributed by atoms with van der Waals surface area (Å²) >= 11 is 0. The smallest absolute Gasteiger partial charge is 0.166 e. The van der Waals surface area contributed by atoms with E-state index in [9.17, 15) is 0 Å². The molecule has 2 heterocycles. The van der Waals surface area contributed by atoms with Crippen LogP contribution < -0.4 is 15.9 Å². The third-order valence-corrected chi connectivity index (χ3v) is 3.26. The molecule has 0 amide bonds. The van der Waals surface area contributed by atoms with E-state index in [4.69, 9.17) is 10.6 Å². The first kappa shape index (κ1) is 11.3. The van der Waals surface area contributed by atoms with Crippen LogP contribution in [0.3, 0.4) is 0 Å². The van der Waals surface area contributed by atoms with Crippen molar-refractivity contribution >= 4 is 5.82 Å². The SMILES string of the molecule is CCc1nn(OC)c(N)c1C1CCNCC1. The van der Waals surface area contributed by atoms with E-state index in [1.165, 1.54) is 10.4 Å². The Kier molecular flexibility index (Phi) is 3.33. The summed E-state index contributed by atoms with van der Waals surface area (Å²) in [6.07, 6.45) is 3.17. The van der Waals surface area contributed by atoms with Gasteiger partial charge in [-0.25, -0.2) is 0 Å². The summed E-state index contributed by atoms with van der Waals surface area (Å²) in [7, 11) is 1.59. The van der Waals surface area contributed by atoms with Crippen LogP contribution >= 0.6 is 0 Å². The van der Waals surface area contributed by atoms with Gasteiger partial charge in [0.25, 0.3) is 0 Å². The molecular formula is C11H20N4O. The second-order valence-corrected chi connectivity index (χ2v) is 4.18. The number of rotatable bonds is 3. The Bertz CT molecular complexity index is 355. The highest BCUT2D eigenvalue weighted by Crippen LogP contribution is 2.32. The Hall–Kier alpha value is -1.23. The molecule has 0 atom stereocenters. The number of hydrogen-bond donors (Lipinski definition) is 2. The van der Waals surface area contributed by atoms with Gasteiger partial charge < -0.3 is 15.9 Å². The van der Waals surface area contributed by atoms with Crippen molar-refractivity contribution in [1.29, 1.82) is 0 Å². The maximum atomic E-state index is 6.08. The minimum absolute atomic E-state index is 0.528. The molecule has 2 rings (SSSR count). The standard InChI is InChI=1S/C11H20N4O/c1-3-9-10(8-4-6-13-7-5-8)11(12)15(14-9)16-2/h8,13H,3-7,12H2,1-2H3. The Labute approximate surface area is 95.9 Å². The predicted molar refractivity (Wildman–Crippen MR) is 63.4 cm³/mol. The lowest BCUT2D eigenvalue weighted by Gasteiger charge is -2.23. The van der Waals surface area contributed by atoms with Gasteiger partial charge in [-0.1, -0.05) is 11.8 Å². The van der Waals surface area contributed by atoms with Gasteiger partial charge in [0.15, 0.2) is 5.82 Å². The number of piperidine rings is 1. The number of anilines is 1. The first-order chi connectivity index (χ1) is 7.77. The second kappa shape index (κ2) is 4.74. The molecule has 16 heavy (non-hydrogen) atoms. The van der Waals surface area contributed by atoms with Crippen LogP contribution in [-0.2, 0) is 6.42 Å². The number of nitrogens with two attached hydrogens (primary N) is 1. The van der Waals surface area contributed by atoms with Crippen molar-refractivity contribution in [3.05, 3.63) is 11.3 Å². The van der Waals surface area contributed by atoms with Crippen molar-refractivity contribution in [2.75, 3.05) is 25.9 Å². The van der Waals surface area contributed by atoms with Gasteiger partial charge in [0.05, 0.1) is 5.69 Å². The lowest BCUT2D eigenvalue weighted by molar-refractivity contribution is 0.138. The summed E-state index contributed by atoms with van der Waals surface area (Å²) in [4.78, 5) is 6.56. The minimum Gasteiger partial charge on any atom is -0.398 e. The number of aromatic nitrogens is 2. The molecule has 1 aliphatic rings. The summed E-state index contributed by atoms with van der Waals surface area (Å²) in [6, 6.07) is 0. The van der Waals surface area contributed by atoms with Crippen molar-refractivity contribution in [2.45, 2.75) is 32.1 Å². The monoisotopic (exact) mass is 224 g/mol. The van der Waals surface area contributed by atoms with E-state index in [2.05, 4.69) is 17.3 Å². The lowest BCUT2D eigenvalue weighted by Crippen LogP contribution is -2.27. The van der Waals surface area contributed by atoms with Crippen LogP contribution in [0.1, 0.15) is 36.9 Å². The van der Waals surface area contributed by atoms with Gasteiger partial charge in [0, 0.05) is 5.56 Å². The molecule has 1 aliphatic heterocycles. The minimum atomic E-state index is 0.528. The molecule has 0 radical (unpaired) electrons. The average Bonchev–Trinajstić information content (AvgIpc) is 2.66. The second-order valence-electron chi connectivity index (χ2n) is 4.18. The van der Waals surface area contributed by atoms with Crippen LogP contribution in [-0.4, -0.2) is 30.1 Å². The third kappa shape index (κ3) is 1.87. The van der Waals surface area contributed by atoms with Crippen molar-refractivity contribution < 1.29 is 4.84 Å². The molecule has 1 aromatic rings. The molecule has 3 N–H and O–H groups in total. The molecule has 90 valence electrons. The summed E-state index contributed by atoms with van der Waals surface area (Å²) in [5.41, 5.74) is 8.35. The molecule has 0 bridgehead atoms.